The summed E-state index contributed by atoms with van der Waals surface area (Å²) in [6, 6.07) is 3.41. The number of amides is 1. The molecule has 0 bridgehead atoms. The molecule has 2 heterocycles. The van der Waals surface area contributed by atoms with Crippen molar-refractivity contribution in [2.24, 2.45) is 0 Å². The van der Waals surface area contributed by atoms with E-state index in [1.54, 1.807) is 25.3 Å². The molecule has 18 heavy (non-hydrogen) atoms. The van der Waals surface area contributed by atoms with Crippen LogP contribution < -0.4 is 10.1 Å². The lowest BCUT2D eigenvalue weighted by Crippen LogP contribution is -2.15. The van der Waals surface area contributed by atoms with Crippen molar-refractivity contribution in [1.82, 2.24) is 20.2 Å². The maximum Gasteiger partial charge on any atom is 0.295 e. The topological polar surface area (TPSA) is 92.8 Å². The standard InChI is InChI=1S/C11H13N5O2/c1-3-18-11-8(5-4-6-12-11)14-10(17)9-13-7(2)15-16-9/h4-6H,3H2,1-2H3,(H,14,17)(H,13,15,16). The molecule has 2 aromatic heterocycles. The van der Waals surface area contributed by atoms with Crippen molar-refractivity contribution in [3.8, 4) is 5.88 Å². The lowest BCUT2D eigenvalue weighted by molar-refractivity contribution is 0.101. The van der Waals surface area contributed by atoms with Gasteiger partial charge in [-0.3, -0.25) is 9.89 Å². The zero-order chi connectivity index (χ0) is 13.0. The molecule has 7 nitrogen and oxygen atoms in total. The monoisotopic (exact) mass is 247 g/mol. The molecular formula is C11H13N5O2. The van der Waals surface area contributed by atoms with Crippen LogP contribution >= 0.6 is 0 Å². The van der Waals surface area contributed by atoms with Crippen LogP contribution in [0, 0.1) is 6.92 Å². The van der Waals surface area contributed by atoms with Gasteiger partial charge in [0.15, 0.2) is 0 Å². The number of anilines is 1. The van der Waals surface area contributed by atoms with Crippen LogP contribution in [0.2, 0.25) is 0 Å². The summed E-state index contributed by atoms with van der Waals surface area (Å²) in [4.78, 5) is 19.8. The first-order chi connectivity index (χ1) is 8.70. The molecule has 0 aromatic carbocycles. The average molecular weight is 247 g/mol. The Labute approximate surface area is 104 Å². The maximum atomic E-state index is 11.8. The summed E-state index contributed by atoms with van der Waals surface area (Å²) in [7, 11) is 0. The van der Waals surface area contributed by atoms with Crippen molar-refractivity contribution in [2.45, 2.75) is 13.8 Å². The predicted octanol–water partition coefficient (Wildman–Crippen LogP) is 1.16. The highest BCUT2D eigenvalue weighted by Gasteiger charge is 2.14. The number of hydrogen-bond acceptors (Lipinski definition) is 5. The lowest BCUT2D eigenvalue weighted by Gasteiger charge is -2.08. The van der Waals surface area contributed by atoms with Crippen molar-refractivity contribution >= 4 is 11.6 Å². The first-order valence-electron chi connectivity index (χ1n) is 5.49. The normalized spacial score (nSPS) is 10.1. The second-order valence-corrected chi connectivity index (χ2v) is 3.49. The Balaban J connectivity index is 2.16. The van der Waals surface area contributed by atoms with Crippen molar-refractivity contribution in [3.05, 3.63) is 30.0 Å². The van der Waals surface area contributed by atoms with E-state index in [0.717, 1.165) is 0 Å². The molecule has 7 heteroatoms. The number of aromatic nitrogens is 4. The van der Waals surface area contributed by atoms with E-state index in [-0.39, 0.29) is 5.82 Å². The highest BCUT2D eigenvalue weighted by molar-refractivity contribution is 6.02. The summed E-state index contributed by atoms with van der Waals surface area (Å²) < 4.78 is 5.30. The number of aromatic amines is 1. The summed E-state index contributed by atoms with van der Waals surface area (Å²) in [5.41, 5.74) is 0.492. The molecule has 0 aliphatic rings. The minimum absolute atomic E-state index is 0.0822. The molecular weight excluding hydrogens is 234 g/mol. The van der Waals surface area contributed by atoms with Crippen molar-refractivity contribution in [3.63, 3.8) is 0 Å². The van der Waals surface area contributed by atoms with E-state index in [2.05, 4.69) is 25.5 Å². The molecule has 0 saturated heterocycles. The van der Waals surface area contributed by atoms with Gasteiger partial charge in [0.25, 0.3) is 5.91 Å². The number of ether oxygens (including phenoxy) is 1. The Hall–Kier alpha value is -2.44. The molecule has 0 atom stereocenters. The van der Waals surface area contributed by atoms with Gasteiger partial charge in [0.1, 0.15) is 11.5 Å². The number of aryl methyl sites for hydroxylation is 1. The van der Waals surface area contributed by atoms with Crippen LogP contribution in [-0.4, -0.2) is 32.7 Å². The van der Waals surface area contributed by atoms with Crippen molar-refractivity contribution in [2.75, 3.05) is 11.9 Å². The molecule has 1 amide bonds. The molecule has 0 saturated carbocycles. The summed E-state index contributed by atoms with van der Waals surface area (Å²) in [5.74, 6) is 0.629. The van der Waals surface area contributed by atoms with E-state index in [9.17, 15) is 4.79 Å². The summed E-state index contributed by atoms with van der Waals surface area (Å²) in [6.45, 7) is 4.04. The predicted molar refractivity (Wildman–Crippen MR) is 64.5 cm³/mol. The summed E-state index contributed by atoms with van der Waals surface area (Å²) in [6.07, 6.45) is 1.59. The molecule has 0 unspecified atom stereocenters. The van der Waals surface area contributed by atoms with Crippen molar-refractivity contribution in [1.29, 1.82) is 0 Å². The van der Waals surface area contributed by atoms with Gasteiger partial charge in [-0.2, -0.15) is 0 Å². The fourth-order valence-electron chi connectivity index (χ4n) is 1.36. The number of rotatable bonds is 4. The van der Waals surface area contributed by atoms with Gasteiger partial charge in [-0.15, -0.1) is 5.10 Å². The number of carbonyl (C=O) groups excluding carboxylic acids is 1. The summed E-state index contributed by atoms with van der Waals surface area (Å²) in [5, 5.41) is 9.04. The Kier molecular flexibility index (Phi) is 3.52. The Morgan fingerprint density at radius 1 is 1.56 bits per heavy atom. The number of nitrogens with zero attached hydrogens (tertiary/aromatic N) is 3. The Morgan fingerprint density at radius 3 is 3.06 bits per heavy atom. The third-order valence-corrected chi connectivity index (χ3v) is 2.10. The Morgan fingerprint density at radius 2 is 2.39 bits per heavy atom. The molecule has 0 spiro atoms. The number of hydrogen-bond donors (Lipinski definition) is 2. The third kappa shape index (κ3) is 2.62. The number of carbonyl (C=O) groups is 1. The van der Waals surface area contributed by atoms with Crippen LogP contribution in [0.25, 0.3) is 0 Å². The highest BCUT2D eigenvalue weighted by Crippen LogP contribution is 2.20. The second kappa shape index (κ2) is 5.26. The zero-order valence-corrected chi connectivity index (χ0v) is 10.1. The van der Waals surface area contributed by atoms with Crippen LogP contribution in [0.4, 0.5) is 5.69 Å². The Bertz CT molecular complexity index is 552. The minimum Gasteiger partial charge on any atom is -0.476 e. The van der Waals surface area contributed by atoms with Crippen LogP contribution in [0.5, 0.6) is 5.88 Å². The van der Waals surface area contributed by atoms with E-state index in [1.807, 2.05) is 6.92 Å². The van der Waals surface area contributed by atoms with Gasteiger partial charge < -0.3 is 10.1 Å². The van der Waals surface area contributed by atoms with E-state index < -0.39 is 5.91 Å². The first kappa shape index (κ1) is 12.0. The van der Waals surface area contributed by atoms with Crippen LogP contribution in [0.3, 0.4) is 0 Å². The van der Waals surface area contributed by atoms with Gasteiger partial charge in [-0.05, 0) is 26.0 Å². The number of pyridine rings is 1. The highest BCUT2D eigenvalue weighted by atomic mass is 16.5. The lowest BCUT2D eigenvalue weighted by atomic mass is 10.4. The minimum atomic E-state index is -0.409. The SMILES string of the molecule is CCOc1ncccc1NC(=O)c1n[nH]c(C)n1. The van der Waals surface area contributed by atoms with Gasteiger partial charge in [-0.25, -0.2) is 9.97 Å². The largest absolute Gasteiger partial charge is 0.476 e. The van der Waals surface area contributed by atoms with E-state index >= 15 is 0 Å². The van der Waals surface area contributed by atoms with Crippen molar-refractivity contribution < 1.29 is 9.53 Å². The fourth-order valence-corrected chi connectivity index (χ4v) is 1.36. The number of H-pyrrole nitrogens is 1. The molecule has 2 N–H and O–H groups in total. The van der Waals surface area contributed by atoms with E-state index in [4.69, 9.17) is 4.74 Å². The van der Waals surface area contributed by atoms with Gasteiger partial charge >= 0.3 is 0 Å². The van der Waals surface area contributed by atoms with Gasteiger partial charge in [0.05, 0.1) is 6.61 Å². The smallest absolute Gasteiger partial charge is 0.295 e. The third-order valence-electron chi connectivity index (χ3n) is 2.10. The molecule has 0 aliphatic carbocycles. The van der Waals surface area contributed by atoms with Crippen LogP contribution in [0.15, 0.2) is 18.3 Å². The average Bonchev–Trinajstić information content (AvgIpc) is 2.79. The molecule has 94 valence electrons. The molecule has 2 aromatic rings. The molecule has 2 rings (SSSR count). The molecule has 0 radical (unpaired) electrons. The summed E-state index contributed by atoms with van der Waals surface area (Å²) >= 11 is 0. The van der Waals surface area contributed by atoms with Crippen LogP contribution in [-0.2, 0) is 0 Å². The van der Waals surface area contributed by atoms with Gasteiger partial charge in [0, 0.05) is 6.20 Å². The van der Waals surface area contributed by atoms with E-state index in [1.165, 1.54) is 0 Å². The van der Waals surface area contributed by atoms with Gasteiger partial charge in [-0.1, -0.05) is 0 Å². The first-order valence-corrected chi connectivity index (χ1v) is 5.49. The number of nitrogens with one attached hydrogen (secondary N) is 2. The second-order valence-electron chi connectivity index (χ2n) is 3.49. The van der Waals surface area contributed by atoms with Gasteiger partial charge in [0.2, 0.25) is 11.7 Å². The molecule has 0 fully saturated rings. The van der Waals surface area contributed by atoms with E-state index in [0.29, 0.717) is 24.0 Å². The molecule has 0 aliphatic heterocycles. The fraction of sp³-hybridized carbons (Fsp3) is 0.273. The zero-order valence-electron chi connectivity index (χ0n) is 10.1. The quantitative estimate of drug-likeness (QED) is 0.845. The maximum absolute atomic E-state index is 11.8. The van der Waals surface area contributed by atoms with Crippen LogP contribution in [0.1, 0.15) is 23.4 Å².